The van der Waals surface area contributed by atoms with E-state index < -0.39 is 6.04 Å². The first-order valence-electron chi connectivity index (χ1n) is 15.0. The highest BCUT2D eigenvalue weighted by atomic mass is 35.5. The molecule has 45 heavy (non-hydrogen) atoms. The van der Waals surface area contributed by atoms with Gasteiger partial charge in [-0.1, -0.05) is 85.9 Å². The van der Waals surface area contributed by atoms with E-state index in [-0.39, 0.29) is 5.91 Å². The summed E-state index contributed by atoms with van der Waals surface area (Å²) in [5.74, 6) is 2.63. The number of para-hydroxylation sites is 2. The molecule has 2 N–H and O–H groups in total. The van der Waals surface area contributed by atoms with Gasteiger partial charge in [-0.2, -0.15) is 4.98 Å². The van der Waals surface area contributed by atoms with Crippen LogP contribution in [0.2, 0.25) is 5.02 Å². The molecule has 5 rings (SSSR count). The number of allylic oxidation sites excluding steroid dienone is 1. The summed E-state index contributed by atoms with van der Waals surface area (Å²) in [5, 5.41) is 12.5. The Bertz CT molecular complexity index is 1670. The number of thioether (sulfide) groups is 1. The molecule has 4 aromatic rings. The number of fused-ring (bicyclic) bond motifs is 1. The molecule has 0 spiro atoms. The first-order chi connectivity index (χ1) is 21.9. The van der Waals surface area contributed by atoms with Gasteiger partial charge in [0.25, 0.3) is 5.91 Å². The maximum absolute atomic E-state index is 14.0. The van der Waals surface area contributed by atoms with E-state index in [0.717, 1.165) is 24.0 Å². The van der Waals surface area contributed by atoms with Gasteiger partial charge in [-0.15, -0.1) is 5.10 Å². The van der Waals surface area contributed by atoms with Crippen LogP contribution in [-0.2, 0) is 10.5 Å². The Kier molecular flexibility index (Phi) is 10.9. The van der Waals surface area contributed by atoms with Gasteiger partial charge in [0.15, 0.2) is 11.5 Å². The van der Waals surface area contributed by atoms with Crippen molar-refractivity contribution < 1.29 is 19.0 Å². The molecule has 9 nitrogen and oxygen atoms in total. The van der Waals surface area contributed by atoms with Crippen LogP contribution in [0, 0.1) is 0 Å². The quantitative estimate of drug-likeness (QED) is 0.105. The van der Waals surface area contributed by atoms with Gasteiger partial charge in [0, 0.05) is 16.5 Å². The van der Waals surface area contributed by atoms with Crippen molar-refractivity contribution in [3.8, 4) is 17.2 Å². The Morgan fingerprint density at radius 1 is 1.00 bits per heavy atom. The predicted octanol–water partition coefficient (Wildman–Crippen LogP) is 8.13. The average Bonchev–Trinajstić information content (AvgIpc) is 3.46. The molecule has 0 bridgehead atoms. The smallest absolute Gasteiger partial charge is 0.255 e. The van der Waals surface area contributed by atoms with Gasteiger partial charge in [0.05, 0.1) is 32.1 Å². The van der Waals surface area contributed by atoms with Crippen molar-refractivity contribution in [2.24, 2.45) is 0 Å². The third kappa shape index (κ3) is 7.57. The van der Waals surface area contributed by atoms with Gasteiger partial charge in [-0.05, 0) is 54.8 Å². The van der Waals surface area contributed by atoms with E-state index in [1.165, 1.54) is 24.6 Å². The Morgan fingerprint density at radius 2 is 1.78 bits per heavy atom. The number of hydrogen-bond acceptors (Lipinski definition) is 8. The zero-order chi connectivity index (χ0) is 31.8. The van der Waals surface area contributed by atoms with Crippen molar-refractivity contribution in [3.63, 3.8) is 0 Å². The molecular weight excluding hydrogens is 610 g/mol. The van der Waals surface area contributed by atoms with Gasteiger partial charge in [0.1, 0.15) is 11.8 Å². The van der Waals surface area contributed by atoms with Crippen molar-refractivity contribution in [1.82, 2.24) is 14.8 Å². The molecule has 1 aliphatic heterocycles. The lowest BCUT2D eigenvalue weighted by molar-refractivity contribution is -0.113. The number of amides is 1. The molecule has 236 valence electrons. The molecule has 3 aromatic carbocycles. The second kappa shape index (κ2) is 15.2. The number of aromatic nitrogens is 3. The van der Waals surface area contributed by atoms with Crippen molar-refractivity contribution in [2.45, 2.75) is 56.5 Å². The molecule has 1 aliphatic rings. The Morgan fingerprint density at radius 3 is 2.56 bits per heavy atom. The first-order valence-corrected chi connectivity index (χ1v) is 16.4. The molecule has 0 radical (unpaired) electrons. The summed E-state index contributed by atoms with van der Waals surface area (Å²) < 4.78 is 19.1. The number of rotatable bonds is 14. The van der Waals surface area contributed by atoms with Gasteiger partial charge in [0.2, 0.25) is 11.1 Å². The average molecular weight is 648 g/mol. The molecular formula is C34H38ClN5O4S. The van der Waals surface area contributed by atoms with Crippen LogP contribution in [0.3, 0.4) is 0 Å². The van der Waals surface area contributed by atoms with Crippen LogP contribution >= 0.6 is 23.4 Å². The summed E-state index contributed by atoms with van der Waals surface area (Å²) in [6, 6.07) is 20.2. The van der Waals surface area contributed by atoms with E-state index in [2.05, 4.69) is 17.6 Å². The van der Waals surface area contributed by atoms with Crippen molar-refractivity contribution >= 4 is 40.9 Å². The minimum Gasteiger partial charge on any atom is -0.495 e. The van der Waals surface area contributed by atoms with Gasteiger partial charge < -0.3 is 24.8 Å². The van der Waals surface area contributed by atoms with Crippen LogP contribution in [0.5, 0.6) is 17.2 Å². The zero-order valence-electron chi connectivity index (χ0n) is 25.9. The number of nitrogens with zero attached hydrogens (tertiary/aromatic N) is 3. The zero-order valence-corrected chi connectivity index (χ0v) is 27.5. The second-order valence-corrected chi connectivity index (χ2v) is 11.9. The summed E-state index contributed by atoms with van der Waals surface area (Å²) in [6.45, 7) is 4.66. The highest BCUT2D eigenvalue weighted by Gasteiger charge is 2.35. The molecule has 0 saturated heterocycles. The largest absolute Gasteiger partial charge is 0.495 e. The van der Waals surface area contributed by atoms with Crippen LogP contribution in [0.1, 0.15) is 56.7 Å². The van der Waals surface area contributed by atoms with E-state index in [1.807, 2.05) is 61.5 Å². The summed E-state index contributed by atoms with van der Waals surface area (Å²) in [6.07, 6.45) is 4.43. The van der Waals surface area contributed by atoms with Crippen molar-refractivity contribution in [1.29, 1.82) is 0 Å². The minimum atomic E-state index is -0.606. The maximum Gasteiger partial charge on any atom is 0.255 e. The van der Waals surface area contributed by atoms with E-state index in [1.54, 1.807) is 31.0 Å². The SMILES string of the molecule is CCCCCCOc1ccc(C2C(C(=O)Nc3ccccc3OC)=C(C)Nc3nc(SCc4ccccc4Cl)nn32)cc1OC. The normalized spacial score (nSPS) is 14.0. The molecule has 1 unspecified atom stereocenters. The summed E-state index contributed by atoms with van der Waals surface area (Å²) in [4.78, 5) is 18.8. The maximum atomic E-state index is 14.0. The molecule has 0 saturated carbocycles. The lowest BCUT2D eigenvalue weighted by atomic mass is 9.94. The number of ether oxygens (including phenoxy) is 3. The molecule has 1 amide bonds. The predicted molar refractivity (Wildman–Crippen MR) is 180 cm³/mol. The minimum absolute atomic E-state index is 0.295. The number of hydrogen-bond donors (Lipinski definition) is 2. The number of carbonyl (C=O) groups is 1. The Hall–Kier alpha value is -4.15. The standard InChI is InChI=1S/C34H38ClN5O4S/c1-5-6-7-12-19-44-28-18-17-23(20-29(28)43-4)31-30(32(41)37-26-15-10-11-16-27(26)42-3)22(2)36-33-38-34(39-40(31)33)45-21-24-13-8-9-14-25(24)35/h8-11,13-18,20,31H,5-7,12,19,21H2,1-4H3,(H,37,41)(H,36,38,39). The highest BCUT2D eigenvalue weighted by Crippen LogP contribution is 2.40. The van der Waals surface area contributed by atoms with Crippen LogP contribution in [-0.4, -0.2) is 41.5 Å². The van der Waals surface area contributed by atoms with E-state index in [9.17, 15) is 4.79 Å². The van der Waals surface area contributed by atoms with E-state index >= 15 is 0 Å². The topological polar surface area (TPSA) is 99.5 Å². The summed E-state index contributed by atoms with van der Waals surface area (Å²) in [7, 11) is 3.19. The van der Waals surface area contributed by atoms with E-state index in [4.69, 9.17) is 35.9 Å². The van der Waals surface area contributed by atoms with Crippen LogP contribution in [0.4, 0.5) is 11.6 Å². The fraction of sp³-hybridized carbons (Fsp3) is 0.324. The molecule has 11 heteroatoms. The lowest BCUT2D eigenvalue weighted by Crippen LogP contribution is -2.31. The number of unbranched alkanes of at least 4 members (excludes halogenated alkanes) is 3. The number of carbonyl (C=O) groups excluding carboxylic acids is 1. The molecule has 0 fully saturated rings. The fourth-order valence-corrected chi connectivity index (χ4v) is 6.29. The van der Waals surface area contributed by atoms with E-state index in [0.29, 0.717) is 62.7 Å². The molecule has 0 aliphatic carbocycles. The second-order valence-electron chi connectivity index (χ2n) is 10.6. The summed E-state index contributed by atoms with van der Waals surface area (Å²) in [5.41, 5.74) is 3.49. The third-order valence-electron chi connectivity index (χ3n) is 7.51. The molecule has 1 atom stereocenters. The number of benzene rings is 3. The van der Waals surface area contributed by atoms with Crippen LogP contribution < -0.4 is 24.8 Å². The van der Waals surface area contributed by atoms with Crippen LogP contribution in [0.15, 0.2) is 83.2 Å². The number of anilines is 2. The monoisotopic (exact) mass is 647 g/mol. The molecule has 2 heterocycles. The van der Waals surface area contributed by atoms with Crippen molar-refractivity contribution in [3.05, 3.63) is 94.1 Å². The van der Waals surface area contributed by atoms with Crippen LogP contribution in [0.25, 0.3) is 0 Å². The first kappa shape index (κ1) is 32.2. The number of methoxy groups -OCH3 is 2. The summed E-state index contributed by atoms with van der Waals surface area (Å²) >= 11 is 7.87. The third-order valence-corrected chi connectivity index (χ3v) is 8.76. The molecule has 1 aromatic heterocycles. The number of nitrogens with one attached hydrogen (secondary N) is 2. The van der Waals surface area contributed by atoms with Crippen molar-refractivity contribution in [2.75, 3.05) is 31.5 Å². The lowest BCUT2D eigenvalue weighted by Gasteiger charge is -2.29. The highest BCUT2D eigenvalue weighted by molar-refractivity contribution is 7.98. The Balaban J connectivity index is 1.49. The fourth-order valence-electron chi connectivity index (χ4n) is 5.17. The van der Waals surface area contributed by atoms with Gasteiger partial charge >= 0.3 is 0 Å². The Labute approximate surface area is 273 Å². The number of halogens is 1. The van der Waals surface area contributed by atoms with Gasteiger partial charge in [-0.25, -0.2) is 4.68 Å². The van der Waals surface area contributed by atoms with Gasteiger partial charge in [-0.3, -0.25) is 4.79 Å².